The molecule has 1 saturated heterocycles. The van der Waals surface area contributed by atoms with Crippen LogP contribution in [0.5, 0.6) is 11.5 Å². The minimum atomic E-state index is 0.302. The van der Waals surface area contributed by atoms with Crippen LogP contribution in [0, 0.1) is 0 Å². The van der Waals surface area contributed by atoms with E-state index in [4.69, 9.17) is 15.2 Å². The summed E-state index contributed by atoms with van der Waals surface area (Å²) < 4.78 is 11.4. The number of rotatable bonds is 4. The van der Waals surface area contributed by atoms with E-state index >= 15 is 0 Å². The lowest BCUT2D eigenvalue weighted by Gasteiger charge is -2.24. The fraction of sp³-hybridized carbons (Fsp3) is 0.538. The number of ether oxygens (including phenoxy) is 2. The van der Waals surface area contributed by atoms with Gasteiger partial charge in [-0.05, 0) is 24.7 Å². The van der Waals surface area contributed by atoms with Crippen molar-refractivity contribution < 1.29 is 9.47 Å². The lowest BCUT2D eigenvalue weighted by Crippen LogP contribution is -2.23. The van der Waals surface area contributed by atoms with Gasteiger partial charge >= 0.3 is 0 Å². The SMILES string of the molecule is COc1c(CN)cccc1OC1CCCSC1. The largest absolute Gasteiger partial charge is 0.493 e. The summed E-state index contributed by atoms with van der Waals surface area (Å²) in [4.78, 5) is 0. The molecule has 1 fully saturated rings. The van der Waals surface area contributed by atoms with Crippen LogP contribution in [0.15, 0.2) is 18.2 Å². The van der Waals surface area contributed by atoms with E-state index in [9.17, 15) is 0 Å². The predicted octanol–water partition coefficient (Wildman–Crippen LogP) is 2.43. The predicted molar refractivity (Wildman–Crippen MR) is 71.9 cm³/mol. The number of nitrogens with two attached hydrogens (primary N) is 1. The quantitative estimate of drug-likeness (QED) is 0.895. The van der Waals surface area contributed by atoms with Gasteiger partial charge in [-0.25, -0.2) is 0 Å². The molecule has 1 aromatic carbocycles. The third-order valence-electron chi connectivity index (χ3n) is 2.90. The Balaban J connectivity index is 2.13. The summed E-state index contributed by atoms with van der Waals surface area (Å²) in [5.74, 6) is 3.92. The van der Waals surface area contributed by atoms with Gasteiger partial charge in [-0.3, -0.25) is 0 Å². The highest BCUT2D eigenvalue weighted by molar-refractivity contribution is 7.99. The molecule has 0 bridgehead atoms. The Morgan fingerprint density at radius 1 is 1.47 bits per heavy atom. The van der Waals surface area contributed by atoms with Crippen molar-refractivity contribution in [2.24, 2.45) is 5.73 Å². The van der Waals surface area contributed by atoms with E-state index in [1.54, 1.807) is 7.11 Å². The third-order valence-corrected chi connectivity index (χ3v) is 4.08. The van der Waals surface area contributed by atoms with Gasteiger partial charge in [0, 0.05) is 17.9 Å². The van der Waals surface area contributed by atoms with Crippen molar-refractivity contribution in [2.75, 3.05) is 18.6 Å². The molecule has 1 atom stereocenters. The average Bonchev–Trinajstić information content (AvgIpc) is 2.39. The molecule has 2 N–H and O–H groups in total. The molecule has 3 nitrogen and oxygen atoms in total. The molecule has 0 aromatic heterocycles. The van der Waals surface area contributed by atoms with Crippen LogP contribution in [0.2, 0.25) is 0 Å². The zero-order valence-electron chi connectivity index (χ0n) is 10.1. The lowest BCUT2D eigenvalue weighted by molar-refractivity contribution is 0.202. The second kappa shape index (κ2) is 6.17. The lowest BCUT2D eigenvalue weighted by atomic mass is 10.1. The first-order chi connectivity index (χ1) is 8.35. The second-order valence-electron chi connectivity index (χ2n) is 4.11. The maximum atomic E-state index is 6.02. The maximum absolute atomic E-state index is 6.02. The van der Waals surface area contributed by atoms with Gasteiger partial charge in [-0.15, -0.1) is 0 Å². The van der Waals surface area contributed by atoms with Crippen molar-refractivity contribution in [3.05, 3.63) is 23.8 Å². The number of para-hydroxylation sites is 1. The molecule has 2 rings (SSSR count). The first-order valence-electron chi connectivity index (χ1n) is 5.95. The van der Waals surface area contributed by atoms with Crippen LogP contribution in [-0.4, -0.2) is 24.7 Å². The van der Waals surface area contributed by atoms with Crippen molar-refractivity contribution in [3.8, 4) is 11.5 Å². The molecule has 1 aromatic rings. The van der Waals surface area contributed by atoms with Crippen LogP contribution < -0.4 is 15.2 Å². The molecule has 0 aliphatic carbocycles. The molecular formula is C13H19NO2S. The van der Waals surface area contributed by atoms with Crippen molar-refractivity contribution >= 4 is 11.8 Å². The van der Waals surface area contributed by atoms with Crippen molar-refractivity contribution in [1.29, 1.82) is 0 Å². The van der Waals surface area contributed by atoms with Crippen LogP contribution in [0.4, 0.5) is 0 Å². The highest BCUT2D eigenvalue weighted by Crippen LogP contribution is 2.33. The van der Waals surface area contributed by atoms with Crippen LogP contribution in [0.25, 0.3) is 0 Å². The molecule has 94 valence electrons. The summed E-state index contributed by atoms with van der Waals surface area (Å²) in [6, 6.07) is 5.90. The van der Waals surface area contributed by atoms with E-state index in [-0.39, 0.29) is 0 Å². The number of benzene rings is 1. The topological polar surface area (TPSA) is 44.5 Å². The Morgan fingerprint density at radius 3 is 3.00 bits per heavy atom. The molecule has 0 amide bonds. The summed E-state index contributed by atoms with van der Waals surface area (Å²) in [6.45, 7) is 0.472. The minimum Gasteiger partial charge on any atom is -0.493 e. The molecule has 4 heteroatoms. The summed E-state index contributed by atoms with van der Waals surface area (Å²) in [6.07, 6.45) is 2.66. The van der Waals surface area contributed by atoms with Gasteiger partial charge in [0.25, 0.3) is 0 Å². The Bertz CT molecular complexity index is 364. The van der Waals surface area contributed by atoms with E-state index in [0.29, 0.717) is 12.6 Å². The fourth-order valence-corrected chi connectivity index (χ4v) is 3.07. The van der Waals surface area contributed by atoms with Crippen LogP contribution in [0.3, 0.4) is 0 Å². The Kier molecular flexibility index (Phi) is 4.57. The Hall–Kier alpha value is -0.870. The normalized spacial score (nSPS) is 20.0. The highest BCUT2D eigenvalue weighted by atomic mass is 32.2. The van der Waals surface area contributed by atoms with E-state index in [1.807, 2.05) is 30.0 Å². The molecule has 0 saturated carbocycles. The number of thioether (sulfide) groups is 1. The Morgan fingerprint density at radius 2 is 2.35 bits per heavy atom. The molecule has 17 heavy (non-hydrogen) atoms. The monoisotopic (exact) mass is 253 g/mol. The molecule has 0 radical (unpaired) electrons. The smallest absolute Gasteiger partial charge is 0.165 e. The molecule has 1 heterocycles. The average molecular weight is 253 g/mol. The zero-order valence-corrected chi connectivity index (χ0v) is 11.0. The first kappa shape index (κ1) is 12.6. The van der Waals surface area contributed by atoms with Crippen molar-refractivity contribution in [2.45, 2.75) is 25.5 Å². The van der Waals surface area contributed by atoms with Crippen LogP contribution in [0.1, 0.15) is 18.4 Å². The van der Waals surface area contributed by atoms with E-state index in [2.05, 4.69) is 0 Å². The molecule has 1 aliphatic rings. The number of hydrogen-bond donors (Lipinski definition) is 1. The highest BCUT2D eigenvalue weighted by Gasteiger charge is 2.18. The summed E-state index contributed by atoms with van der Waals surface area (Å²) >= 11 is 1.96. The third kappa shape index (κ3) is 3.07. The Labute approximate surface area is 107 Å². The van der Waals surface area contributed by atoms with Gasteiger partial charge in [-0.1, -0.05) is 12.1 Å². The van der Waals surface area contributed by atoms with Gasteiger partial charge in [0.05, 0.1) is 7.11 Å². The van der Waals surface area contributed by atoms with Gasteiger partial charge in [0.1, 0.15) is 6.10 Å². The zero-order chi connectivity index (χ0) is 12.1. The van der Waals surface area contributed by atoms with Crippen molar-refractivity contribution in [1.82, 2.24) is 0 Å². The standard InChI is InChI=1S/C13H19NO2S/c1-15-13-10(8-14)4-2-6-12(13)16-11-5-3-7-17-9-11/h2,4,6,11H,3,5,7-9,14H2,1H3. The van der Waals surface area contributed by atoms with E-state index in [0.717, 1.165) is 29.2 Å². The molecule has 0 spiro atoms. The summed E-state index contributed by atoms with van der Waals surface area (Å²) in [7, 11) is 1.66. The second-order valence-corrected chi connectivity index (χ2v) is 5.26. The first-order valence-corrected chi connectivity index (χ1v) is 7.11. The van der Waals surface area contributed by atoms with E-state index < -0.39 is 0 Å². The fourth-order valence-electron chi connectivity index (χ4n) is 2.03. The molecule has 1 aliphatic heterocycles. The number of methoxy groups -OCH3 is 1. The van der Waals surface area contributed by atoms with Gasteiger partial charge < -0.3 is 15.2 Å². The van der Waals surface area contributed by atoms with Crippen molar-refractivity contribution in [3.63, 3.8) is 0 Å². The summed E-state index contributed by atoms with van der Waals surface area (Å²) in [5, 5.41) is 0. The maximum Gasteiger partial charge on any atom is 0.165 e. The summed E-state index contributed by atoms with van der Waals surface area (Å²) in [5.41, 5.74) is 6.68. The van der Waals surface area contributed by atoms with Gasteiger partial charge in [-0.2, -0.15) is 11.8 Å². The number of hydrogen-bond acceptors (Lipinski definition) is 4. The molecule has 1 unspecified atom stereocenters. The van der Waals surface area contributed by atoms with Gasteiger partial charge in [0.2, 0.25) is 0 Å². The van der Waals surface area contributed by atoms with E-state index in [1.165, 1.54) is 12.2 Å². The molecular weight excluding hydrogens is 234 g/mol. The van der Waals surface area contributed by atoms with Crippen LogP contribution in [-0.2, 0) is 6.54 Å². The van der Waals surface area contributed by atoms with Gasteiger partial charge in [0.15, 0.2) is 11.5 Å². The van der Waals surface area contributed by atoms with Crippen LogP contribution >= 0.6 is 11.8 Å². The minimum absolute atomic E-state index is 0.302.